The number of hydrogen-bond acceptors (Lipinski definition) is 3. The summed E-state index contributed by atoms with van der Waals surface area (Å²) < 4.78 is 7.97. The molecule has 3 rings (SSSR count). The lowest BCUT2D eigenvalue weighted by molar-refractivity contribution is 0.0991. The van der Waals surface area contributed by atoms with Crippen LogP contribution in [0.2, 0.25) is 0 Å². The Morgan fingerprint density at radius 3 is 2.80 bits per heavy atom. The second-order valence-corrected chi connectivity index (χ2v) is 5.55. The second-order valence-electron chi connectivity index (χ2n) is 4.99. The van der Waals surface area contributed by atoms with E-state index in [4.69, 9.17) is 4.74 Å². The zero-order valence-electron chi connectivity index (χ0n) is 11.5. The first kappa shape index (κ1) is 13.8. The molecule has 2 unspecified atom stereocenters. The first-order chi connectivity index (χ1) is 9.85. The van der Waals surface area contributed by atoms with E-state index in [-0.39, 0.29) is 6.10 Å². The van der Waals surface area contributed by atoms with Gasteiger partial charge in [-0.2, -0.15) is 0 Å². The van der Waals surface area contributed by atoms with Crippen molar-refractivity contribution >= 4 is 15.9 Å². The molecule has 106 valence electrons. The Kier molecular flexibility index (Phi) is 4.17. The number of aromatic nitrogens is 3. The number of rotatable bonds is 4. The van der Waals surface area contributed by atoms with Crippen LogP contribution in [0, 0.1) is 0 Å². The van der Waals surface area contributed by atoms with Crippen molar-refractivity contribution in [3.63, 3.8) is 0 Å². The van der Waals surface area contributed by atoms with E-state index >= 15 is 0 Å². The van der Waals surface area contributed by atoms with Crippen molar-refractivity contribution in [3.8, 4) is 5.69 Å². The zero-order chi connectivity index (χ0) is 13.9. The number of ether oxygens (including phenoxy) is 1. The standard InChI is InChI=1S/C15H18BrN3O/c1-2-13-12(8-9-20-13)15-18-17-14(10-16)19(15)11-6-4-3-5-7-11/h3-7,12-13H,2,8-10H2,1H3. The van der Waals surface area contributed by atoms with Crippen molar-refractivity contribution in [3.05, 3.63) is 42.0 Å². The van der Waals surface area contributed by atoms with Gasteiger partial charge in [-0.3, -0.25) is 4.57 Å². The Balaban J connectivity index is 2.06. The molecule has 2 atom stereocenters. The van der Waals surface area contributed by atoms with E-state index in [2.05, 4.69) is 49.8 Å². The Morgan fingerprint density at radius 2 is 2.10 bits per heavy atom. The highest BCUT2D eigenvalue weighted by Crippen LogP contribution is 2.33. The molecule has 0 amide bonds. The molecular weight excluding hydrogens is 318 g/mol. The summed E-state index contributed by atoms with van der Waals surface area (Å²) >= 11 is 3.51. The number of alkyl halides is 1. The van der Waals surface area contributed by atoms with Gasteiger partial charge in [-0.1, -0.05) is 41.1 Å². The fraction of sp³-hybridized carbons (Fsp3) is 0.467. The molecule has 0 bridgehead atoms. The molecule has 0 saturated carbocycles. The van der Waals surface area contributed by atoms with Crippen LogP contribution < -0.4 is 0 Å². The van der Waals surface area contributed by atoms with Gasteiger partial charge in [-0.15, -0.1) is 10.2 Å². The van der Waals surface area contributed by atoms with Gasteiger partial charge in [0.2, 0.25) is 0 Å². The zero-order valence-corrected chi connectivity index (χ0v) is 13.1. The highest BCUT2D eigenvalue weighted by molar-refractivity contribution is 9.08. The molecule has 1 fully saturated rings. The van der Waals surface area contributed by atoms with Crippen molar-refractivity contribution in [2.75, 3.05) is 6.61 Å². The number of benzene rings is 1. The van der Waals surface area contributed by atoms with Gasteiger partial charge in [-0.25, -0.2) is 0 Å². The van der Waals surface area contributed by atoms with Crippen molar-refractivity contribution in [2.45, 2.75) is 37.1 Å². The molecule has 1 saturated heterocycles. The fourth-order valence-electron chi connectivity index (χ4n) is 2.86. The Labute approximate surface area is 127 Å². The van der Waals surface area contributed by atoms with Crippen LogP contribution in [0.4, 0.5) is 0 Å². The smallest absolute Gasteiger partial charge is 0.148 e. The van der Waals surface area contributed by atoms with Crippen molar-refractivity contribution in [1.82, 2.24) is 14.8 Å². The number of hydrogen-bond donors (Lipinski definition) is 0. The maximum absolute atomic E-state index is 5.81. The molecule has 1 aliphatic heterocycles. The molecule has 0 radical (unpaired) electrons. The topological polar surface area (TPSA) is 39.9 Å². The largest absolute Gasteiger partial charge is 0.377 e. The lowest BCUT2D eigenvalue weighted by Gasteiger charge is -2.18. The average Bonchev–Trinajstić information content (AvgIpc) is 3.13. The minimum Gasteiger partial charge on any atom is -0.377 e. The third kappa shape index (κ3) is 2.40. The van der Waals surface area contributed by atoms with Crippen LogP contribution in [0.1, 0.15) is 37.3 Å². The minimum atomic E-state index is 0.254. The second kappa shape index (κ2) is 6.06. The van der Waals surface area contributed by atoms with E-state index < -0.39 is 0 Å². The van der Waals surface area contributed by atoms with E-state index in [0.717, 1.165) is 36.8 Å². The van der Waals surface area contributed by atoms with Gasteiger partial charge in [0, 0.05) is 18.2 Å². The lowest BCUT2D eigenvalue weighted by Crippen LogP contribution is -2.17. The van der Waals surface area contributed by atoms with Crippen LogP contribution in [0.3, 0.4) is 0 Å². The SMILES string of the molecule is CCC1OCCC1c1nnc(CBr)n1-c1ccccc1. The summed E-state index contributed by atoms with van der Waals surface area (Å²) in [5.41, 5.74) is 1.11. The first-order valence-corrected chi connectivity index (χ1v) is 8.14. The van der Waals surface area contributed by atoms with Crippen molar-refractivity contribution in [2.24, 2.45) is 0 Å². The van der Waals surface area contributed by atoms with Gasteiger partial charge in [0.1, 0.15) is 11.6 Å². The van der Waals surface area contributed by atoms with Crippen LogP contribution in [0.15, 0.2) is 30.3 Å². The van der Waals surface area contributed by atoms with Gasteiger partial charge in [0.05, 0.1) is 11.4 Å². The summed E-state index contributed by atoms with van der Waals surface area (Å²) in [5, 5.41) is 9.48. The summed E-state index contributed by atoms with van der Waals surface area (Å²) in [7, 11) is 0. The van der Waals surface area contributed by atoms with E-state index in [9.17, 15) is 0 Å². The van der Waals surface area contributed by atoms with E-state index in [1.54, 1.807) is 0 Å². The summed E-state index contributed by atoms with van der Waals surface area (Å²) in [6, 6.07) is 10.3. The maximum atomic E-state index is 5.81. The van der Waals surface area contributed by atoms with Gasteiger partial charge < -0.3 is 4.74 Å². The molecule has 1 aromatic heterocycles. The van der Waals surface area contributed by atoms with Crippen LogP contribution in [-0.4, -0.2) is 27.5 Å². The van der Waals surface area contributed by atoms with Crippen molar-refractivity contribution < 1.29 is 4.74 Å². The van der Waals surface area contributed by atoms with Gasteiger partial charge in [0.25, 0.3) is 0 Å². The highest BCUT2D eigenvalue weighted by Gasteiger charge is 2.33. The highest BCUT2D eigenvalue weighted by atomic mass is 79.9. The Bertz CT molecular complexity index is 570. The third-order valence-electron chi connectivity index (χ3n) is 3.83. The van der Waals surface area contributed by atoms with Crippen LogP contribution in [-0.2, 0) is 10.1 Å². The molecule has 0 aliphatic carbocycles. The molecule has 0 spiro atoms. The molecule has 4 nitrogen and oxygen atoms in total. The van der Waals surface area contributed by atoms with Crippen LogP contribution in [0.25, 0.3) is 5.69 Å². The monoisotopic (exact) mass is 335 g/mol. The average molecular weight is 336 g/mol. The summed E-state index contributed by atoms with van der Waals surface area (Å²) in [6.07, 6.45) is 2.28. The fourth-order valence-corrected chi connectivity index (χ4v) is 3.22. The summed E-state index contributed by atoms with van der Waals surface area (Å²) in [4.78, 5) is 0. The van der Waals surface area contributed by atoms with E-state index in [1.807, 2.05) is 18.2 Å². The Hall–Kier alpha value is -1.20. The van der Waals surface area contributed by atoms with Crippen LogP contribution in [0.5, 0.6) is 0 Å². The first-order valence-electron chi connectivity index (χ1n) is 7.02. The molecule has 20 heavy (non-hydrogen) atoms. The van der Waals surface area contributed by atoms with Gasteiger partial charge in [0.15, 0.2) is 0 Å². The molecule has 0 N–H and O–H groups in total. The molecule has 5 heteroatoms. The maximum Gasteiger partial charge on any atom is 0.148 e. The number of nitrogens with zero attached hydrogens (tertiary/aromatic N) is 3. The molecule has 1 aromatic carbocycles. The molecular formula is C15H18BrN3O. The molecule has 2 aromatic rings. The summed E-state index contributed by atoms with van der Waals surface area (Å²) in [6.45, 7) is 2.98. The number of para-hydroxylation sites is 1. The molecule has 2 heterocycles. The van der Waals surface area contributed by atoms with Gasteiger partial charge in [-0.05, 0) is 25.0 Å². The van der Waals surface area contributed by atoms with E-state index in [0.29, 0.717) is 11.2 Å². The van der Waals surface area contributed by atoms with Crippen molar-refractivity contribution in [1.29, 1.82) is 0 Å². The lowest BCUT2D eigenvalue weighted by atomic mass is 9.98. The minimum absolute atomic E-state index is 0.254. The van der Waals surface area contributed by atoms with Gasteiger partial charge >= 0.3 is 0 Å². The Morgan fingerprint density at radius 1 is 1.30 bits per heavy atom. The number of halogens is 1. The molecule has 1 aliphatic rings. The van der Waals surface area contributed by atoms with E-state index in [1.165, 1.54) is 0 Å². The van der Waals surface area contributed by atoms with Crippen LogP contribution >= 0.6 is 15.9 Å². The summed E-state index contributed by atoms with van der Waals surface area (Å²) in [5.74, 6) is 2.29. The quantitative estimate of drug-likeness (QED) is 0.803. The normalized spacial score (nSPS) is 22.3. The predicted molar refractivity (Wildman–Crippen MR) is 81.4 cm³/mol. The third-order valence-corrected chi connectivity index (χ3v) is 4.33. The predicted octanol–water partition coefficient (Wildman–Crippen LogP) is 3.44.